The molecule has 0 fully saturated rings. The molecule has 2 atom stereocenters. The lowest BCUT2D eigenvalue weighted by molar-refractivity contribution is -0.109. The van der Waals surface area contributed by atoms with Crippen LogP contribution in [0.3, 0.4) is 0 Å². The summed E-state index contributed by atoms with van der Waals surface area (Å²) in [6.07, 6.45) is 3.63. The number of hydrogen-bond acceptors (Lipinski definition) is 13. The fourth-order valence-electron chi connectivity index (χ4n) is 8.68. The molecule has 2 N–H and O–H groups in total. The van der Waals surface area contributed by atoms with Crippen molar-refractivity contribution in [2.24, 2.45) is 4.99 Å². The predicted octanol–water partition coefficient (Wildman–Crippen LogP) is 8.75. The highest BCUT2D eigenvalue weighted by Crippen LogP contribution is 2.43. The second-order valence-corrected chi connectivity index (χ2v) is 16.5. The number of nitrogens with one attached hydrogen (secondary N) is 2. The number of esters is 1. The summed E-state index contributed by atoms with van der Waals surface area (Å²) in [7, 11) is 8.14. The van der Waals surface area contributed by atoms with E-state index in [0.29, 0.717) is 53.9 Å². The Morgan fingerprint density at radius 3 is 2.09 bits per heavy atom. The molecule has 0 saturated carbocycles. The van der Waals surface area contributed by atoms with Gasteiger partial charge in [0, 0.05) is 61.5 Å². The number of aldehydes is 1. The minimum atomic E-state index is -0.649. The number of carbonyl (C=O) groups is 4. The first-order chi connectivity index (χ1) is 33.6. The molecule has 69 heavy (non-hydrogen) atoms. The lowest BCUT2D eigenvalue weighted by atomic mass is 9.93. The molecule has 15 heteroatoms. The highest BCUT2D eigenvalue weighted by atomic mass is 16.6. The fraction of sp³-hybridized carbons (Fsp3) is 0.241. The van der Waals surface area contributed by atoms with Gasteiger partial charge in [-0.1, -0.05) is 54.6 Å². The number of anilines is 3. The Hall–Kier alpha value is -8.33. The summed E-state index contributed by atoms with van der Waals surface area (Å²) in [6.45, 7) is 0.141. The Labute approximate surface area is 400 Å². The maximum Gasteiger partial charge on any atom is 0.414 e. The van der Waals surface area contributed by atoms with E-state index in [0.717, 1.165) is 39.2 Å². The molecule has 2 heterocycles. The maximum atomic E-state index is 14.3. The monoisotopic (exact) mass is 931 g/mol. The van der Waals surface area contributed by atoms with Crippen LogP contribution in [-0.4, -0.2) is 85.0 Å². The first-order valence-electron chi connectivity index (χ1n) is 22.3. The predicted molar refractivity (Wildman–Crippen MR) is 264 cm³/mol. The quantitative estimate of drug-likeness (QED) is 0.0623. The van der Waals surface area contributed by atoms with Crippen LogP contribution in [0.1, 0.15) is 48.5 Å². The van der Waals surface area contributed by atoms with Crippen molar-refractivity contribution < 1.29 is 47.6 Å². The van der Waals surface area contributed by atoms with Crippen LogP contribution in [0.5, 0.6) is 23.0 Å². The lowest BCUT2D eigenvalue weighted by Gasteiger charge is -2.31. The van der Waals surface area contributed by atoms with E-state index in [4.69, 9.17) is 33.4 Å². The van der Waals surface area contributed by atoms with Gasteiger partial charge in [0.2, 0.25) is 6.41 Å². The van der Waals surface area contributed by atoms with Crippen LogP contribution in [0.2, 0.25) is 0 Å². The number of aliphatic imine (C=N–C) groups is 1. The minimum absolute atomic E-state index is 0.000900. The molecule has 354 valence electrons. The number of para-hydroxylation sites is 1. The van der Waals surface area contributed by atoms with E-state index in [1.807, 2.05) is 93.0 Å². The van der Waals surface area contributed by atoms with Crippen LogP contribution in [0.25, 0.3) is 11.1 Å². The Balaban J connectivity index is 1.07. The van der Waals surface area contributed by atoms with Gasteiger partial charge in [-0.2, -0.15) is 0 Å². The number of methoxy groups -OCH3 is 3. The molecule has 0 aliphatic carbocycles. The molecular formula is C54H53N5O10. The van der Waals surface area contributed by atoms with Crippen LogP contribution in [0.15, 0.2) is 120 Å². The first kappa shape index (κ1) is 47.2. The highest BCUT2D eigenvalue weighted by molar-refractivity contribution is 5.96. The van der Waals surface area contributed by atoms with Gasteiger partial charge in [-0.15, -0.1) is 0 Å². The summed E-state index contributed by atoms with van der Waals surface area (Å²) in [4.78, 5) is 59.9. The maximum absolute atomic E-state index is 14.3. The van der Waals surface area contributed by atoms with Crippen molar-refractivity contribution in [3.63, 3.8) is 0 Å². The largest absolute Gasteiger partial charge is 0.493 e. The first-order valence-corrected chi connectivity index (χ1v) is 22.3. The van der Waals surface area contributed by atoms with Crippen molar-refractivity contribution in [2.75, 3.05) is 57.1 Å². The third-order valence-electron chi connectivity index (χ3n) is 12.3. The SMILES string of the molecule is CNc1ccc(COC(=O)N(CC2Cc3ccccc3N2C)c2cc(OCc3cc(COc4cc5c(cc4OC)-c4ccccc4CC(NC=O)/C=N\5)cc(C(=O)OC)c3)c(OC)cc2C=O)cc1. The van der Waals surface area contributed by atoms with Crippen LogP contribution < -0.4 is 39.4 Å². The zero-order valence-corrected chi connectivity index (χ0v) is 39.0. The molecule has 0 saturated heterocycles. The van der Waals surface area contributed by atoms with Crippen LogP contribution in [-0.2, 0) is 46.9 Å². The van der Waals surface area contributed by atoms with Crippen molar-refractivity contribution in [3.05, 3.63) is 154 Å². The van der Waals surface area contributed by atoms with Crippen molar-refractivity contribution in [2.45, 2.75) is 44.7 Å². The number of benzene rings is 6. The average molecular weight is 932 g/mol. The molecule has 0 bridgehead atoms. The van der Waals surface area contributed by atoms with Gasteiger partial charge in [0.05, 0.1) is 50.4 Å². The molecule has 8 rings (SSSR count). The number of likely N-dealkylation sites (N-methyl/N-ethyl adjacent to an activating group) is 1. The Kier molecular flexibility index (Phi) is 14.7. The molecular weight excluding hydrogens is 879 g/mol. The molecule has 2 aliphatic rings. The van der Waals surface area contributed by atoms with E-state index < -0.39 is 12.1 Å². The number of rotatable bonds is 18. The van der Waals surface area contributed by atoms with E-state index in [2.05, 4.69) is 21.6 Å². The number of amides is 2. The van der Waals surface area contributed by atoms with Crippen LogP contribution in [0.4, 0.5) is 27.5 Å². The van der Waals surface area contributed by atoms with Crippen LogP contribution in [0, 0.1) is 0 Å². The summed E-state index contributed by atoms with van der Waals surface area (Å²) in [6, 6.07) is 35.1. The molecule has 0 radical (unpaired) electrons. The van der Waals surface area contributed by atoms with Gasteiger partial charge in [0.1, 0.15) is 19.8 Å². The van der Waals surface area contributed by atoms with Crippen molar-refractivity contribution in [1.29, 1.82) is 0 Å². The number of carbonyl (C=O) groups excluding carboxylic acids is 4. The van der Waals surface area contributed by atoms with Gasteiger partial charge >= 0.3 is 12.1 Å². The van der Waals surface area contributed by atoms with Gasteiger partial charge in [-0.3, -0.25) is 19.5 Å². The summed E-state index contributed by atoms with van der Waals surface area (Å²) >= 11 is 0. The van der Waals surface area contributed by atoms with E-state index in [9.17, 15) is 19.2 Å². The van der Waals surface area contributed by atoms with E-state index >= 15 is 0 Å². The highest BCUT2D eigenvalue weighted by Gasteiger charge is 2.32. The second kappa shape index (κ2) is 21.5. The zero-order chi connectivity index (χ0) is 48.4. The summed E-state index contributed by atoms with van der Waals surface area (Å²) in [5, 5.41) is 5.91. The Morgan fingerprint density at radius 1 is 0.739 bits per heavy atom. The van der Waals surface area contributed by atoms with Gasteiger partial charge < -0.3 is 44.0 Å². The van der Waals surface area contributed by atoms with Gasteiger partial charge in [-0.05, 0) is 94.8 Å². The average Bonchev–Trinajstić information content (AvgIpc) is 3.70. The minimum Gasteiger partial charge on any atom is -0.493 e. The Morgan fingerprint density at radius 2 is 1.42 bits per heavy atom. The lowest BCUT2D eigenvalue weighted by Crippen LogP contribution is -2.44. The number of nitrogens with zero attached hydrogens (tertiary/aromatic N) is 3. The third kappa shape index (κ3) is 10.6. The van der Waals surface area contributed by atoms with Crippen molar-refractivity contribution in [3.8, 4) is 34.1 Å². The number of hydrogen-bond donors (Lipinski definition) is 2. The number of ether oxygens (including phenoxy) is 6. The normalized spacial score (nSPS) is 14.9. The molecule has 2 unspecified atom stereocenters. The second-order valence-electron chi connectivity index (χ2n) is 16.5. The zero-order valence-electron chi connectivity index (χ0n) is 39.0. The van der Waals surface area contributed by atoms with E-state index in [1.165, 1.54) is 25.2 Å². The van der Waals surface area contributed by atoms with Gasteiger partial charge in [0.15, 0.2) is 29.3 Å². The summed E-state index contributed by atoms with van der Waals surface area (Å²) < 4.78 is 35.4. The Bertz CT molecular complexity index is 2880. The van der Waals surface area contributed by atoms with Crippen molar-refractivity contribution in [1.82, 2.24) is 5.32 Å². The molecule has 0 aromatic heterocycles. The van der Waals surface area contributed by atoms with Gasteiger partial charge in [0.25, 0.3) is 0 Å². The summed E-state index contributed by atoms with van der Waals surface area (Å²) in [5.41, 5.74) is 9.30. The molecule has 15 nitrogen and oxygen atoms in total. The smallest absolute Gasteiger partial charge is 0.414 e. The van der Waals surface area contributed by atoms with E-state index in [1.54, 1.807) is 37.6 Å². The van der Waals surface area contributed by atoms with Crippen molar-refractivity contribution >= 4 is 53.7 Å². The third-order valence-corrected chi connectivity index (χ3v) is 12.3. The summed E-state index contributed by atoms with van der Waals surface area (Å²) in [5.74, 6) is 0.802. The topological polar surface area (TPSA) is 167 Å². The van der Waals surface area contributed by atoms with Crippen LogP contribution >= 0.6 is 0 Å². The number of fused-ring (bicyclic) bond motifs is 4. The molecule has 6 aromatic carbocycles. The fourth-order valence-corrected chi connectivity index (χ4v) is 8.68. The molecule has 6 aromatic rings. The van der Waals surface area contributed by atoms with E-state index in [-0.39, 0.29) is 66.8 Å². The standard InChI is InChI=1S/C54H53N5O10/c1-55-41-16-14-34(15-17-41)30-69-54(63)59(28-43-22-38-11-7-9-13-47(38)58(43)2)48-26-52(49(64-3)23-40(48)29-60)68-32-36-18-35(19-39(20-36)53(62)66-5)31-67-51-25-46-45(24-50(51)65-4)44-12-8-6-10-37(44)21-42(27-56-46)57-33-61/h6-20,23-27,29,33,42-43,55H,21-22,28,30-32H2,1-5H3,(H,57,61)/b56-27-. The van der Waals surface area contributed by atoms with Gasteiger partial charge in [-0.25, -0.2) is 9.59 Å². The molecule has 0 spiro atoms. The molecule has 2 aliphatic heterocycles. The molecule has 2 amide bonds.